The van der Waals surface area contributed by atoms with Gasteiger partial charge >= 0.3 is 5.97 Å². The first-order valence-electron chi connectivity index (χ1n) is 5.51. The Bertz CT molecular complexity index is 223. The number of nitrogens with one attached hydrogen (secondary N) is 1. The molecule has 7 heteroatoms. The van der Waals surface area contributed by atoms with Gasteiger partial charge in [0.05, 0.1) is 32.8 Å². The summed E-state index contributed by atoms with van der Waals surface area (Å²) >= 11 is 0. The van der Waals surface area contributed by atoms with Gasteiger partial charge in [0, 0.05) is 19.5 Å². The minimum absolute atomic E-state index is 0.00502. The Morgan fingerprint density at radius 2 is 1.71 bits per heavy atom. The zero-order valence-corrected chi connectivity index (χ0v) is 9.81. The summed E-state index contributed by atoms with van der Waals surface area (Å²) in [7, 11) is 0. The van der Waals surface area contributed by atoms with E-state index in [1.165, 1.54) is 0 Å². The lowest BCUT2D eigenvalue weighted by Crippen LogP contribution is -2.28. The molecule has 0 aliphatic carbocycles. The van der Waals surface area contributed by atoms with Crippen LogP contribution in [0.4, 0.5) is 0 Å². The summed E-state index contributed by atoms with van der Waals surface area (Å²) in [5.74, 6) is -1.26. The van der Waals surface area contributed by atoms with E-state index in [4.69, 9.17) is 20.3 Å². The van der Waals surface area contributed by atoms with Crippen LogP contribution in [0.1, 0.15) is 12.8 Å². The van der Waals surface area contributed by atoms with Crippen LogP contribution in [0.25, 0.3) is 0 Å². The molecule has 0 aromatic rings. The van der Waals surface area contributed by atoms with Gasteiger partial charge in [-0.05, 0) is 0 Å². The molecule has 0 heterocycles. The van der Waals surface area contributed by atoms with E-state index in [1.807, 2.05) is 0 Å². The van der Waals surface area contributed by atoms with Gasteiger partial charge in [0.1, 0.15) is 0 Å². The summed E-state index contributed by atoms with van der Waals surface area (Å²) in [5, 5.41) is 10.9. The summed E-state index contributed by atoms with van der Waals surface area (Å²) in [6.07, 6.45) is -0.158. The average Bonchev–Trinajstić information content (AvgIpc) is 2.30. The molecule has 17 heavy (non-hydrogen) atoms. The molecule has 0 unspecified atom stereocenters. The van der Waals surface area contributed by atoms with Crippen LogP contribution in [0, 0.1) is 0 Å². The fourth-order valence-electron chi connectivity index (χ4n) is 0.977. The zero-order chi connectivity index (χ0) is 12.9. The fraction of sp³-hybridized carbons (Fsp3) is 0.800. The monoisotopic (exact) mass is 248 g/mol. The molecule has 0 aliphatic rings. The topological polar surface area (TPSA) is 111 Å². The molecule has 0 spiro atoms. The Balaban J connectivity index is 3.16. The molecule has 0 aromatic heterocycles. The molecule has 0 saturated heterocycles. The van der Waals surface area contributed by atoms with Gasteiger partial charge in [-0.15, -0.1) is 0 Å². The second kappa shape index (κ2) is 11.3. The molecule has 0 rings (SSSR count). The maximum atomic E-state index is 11.1. The highest BCUT2D eigenvalue weighted by Crippen LogP contribution is 1.87. The third-order valence-electron chi connectivity index (χ3n) is 1.77. The molecule has 100 valence electrons. The van der Waals surface area contributed by atoms with Crippen LogP contribution in [-0.4, -0.2) is 56.5 Å². The molecule has 0 aliphatic heterocycles. The molecular weight excluding hydrogens is 228 g/mol. The summed E-state index contributed by atoms with van der Waals surface area (Å²) in [6.45, 7) is 2.67. The van der Waals surface area contributed by atoms with Crippen molar-refractivity contribution >= 4 is 11.9 Å². The highest BCUT2D eigenvalue weighted by molar-refractivity contribution is 5.80. The van der Waals surface area contributed by atoms with E-state index in [0.717, 1.165) is 0 Å². The standard InChI is InChI=1S/C10H20N2O5/c11-3-5-16-7-8-17-6-4-12-9(13)1-2-10(14)15/h1-8,11H2,(H,12,13)(H,14,15). The molecule has 0 radical (unpaired) electrons. The van der Waals surface area contributed by atoms with Crippen molar-refractivity contribution in [2.45, 2.75) is 12.8 Å². The van der Waals surface area contributed by atoms with E-state index >= 15 is 0 Å². The van der Waals surface area contributed by atoms with Gasteiger partial charge < -0.3 is 25.6 Å². The normalized spacial score (nSPS) is 10.2. The molecule has 1 amide bonds. The number of carbonyl (C=O) groups excluding carboxylic acids is 1. The number of hydrogen-bond acceptors (Lipinski definition) is 5. The van der Waals surface area contributed by atoms with Crippen molar-refractivity contribution in [1.82, 2.24) is 5.32 Å². The average molecular weight is 248 g/mol. The Labute approximate surface area is 100 Å². The molecule has 0 saturated carbocycles. The van der Waals surface area contributed by atoms with Gasteiger partial charge in [-0.25, -0.2) is 0 Å². The summed E-state index contributed by atoms with van der Waals surface area (Å²) < 4.78 is 10.2. The largest absolute Gasteiger partial charge is 0.481 e. The van der Waals surface area contributed by atoms with E-state index in [2.05, 4.69) is 5.32 Å². The number of rotatable bonds is 11. The first kappa shape index (κ1) is 15.8. The molecule has 0 bridgehead atoms. The Morgan fingerprint density at radius 3 is 2.29 bits per heavy atom. The highest BCUT2D eigenvalue weighted by Gasteiger charge is 2.03. The second-order valence-corrected chi connectivity index (χ2v) is 3.26. The molecule has 7 nitrogen and oxygen atoms in total. The Kier molecular flexibility index (Phi) is 10.5. The predicted octanol–water partition coefficient (Wildman–Crippen LogP) is -1.04. The number of ether oxygens (including phenoxy) is 2. The third-order valence-corrected chi connectivity index (χ3v) is 1.77. The minimum atomic E-state index is -0.978. The van der Waals surface area contributed by atoms with Crippen molar-refractivity contribution in [3.8, 4) is 0 Å². The first-order valence-corrected chi connectivity index (χ1v) is 5.51. The summed E-state index contributed by atoms with van der Waals surface area (Å²) in [4.78, 5) is 21.2. The Hall–Kier alpha value is -1.18. The number of aliphatic carboxylic acids is 1. The zero-order valence-electron chi connectivity index (χ0n) is 9.81. The van der Waals surface area contributed by atoms with E-state index in [9.17, 15) is 9.59 Å². The van der Waals surface area contributed by atoms with E-state index < -0.39 is 5.97 Å². The molecule has 0 aromatic carbocycles. The van der Waals surface area contributed by atoms with Crippen LogP contribution in [0.3, 0.4) is 0 Å². The number of carboxylic acid groups (broad SMARTS) is 1. The molecular formula is C10H20N2O5. The van der Waals surface area contributed by atoms with Crippen LogP contribution in [0.15, 0.2) is 0 Å². The lowest BCUT2D eigenvalue weighted by Gasteiger charge is -2.06. The second-order valence-electron chi connectivity index (χ2n) is 3.26. The molecule has 0 atom stereocenters. The first-order chi connectivity index (χ1) is 8.16. The van der Waals surface area contributed by atoms with Crippen LogP contribution in [0.5, 0.6) is 0 Å². The lowest BCUT2D eigenvalue weighted by atomic mass is 10.3. The van der Waals surface area contributed by atoms with Crippen LogP contribution in [-0.2, 0) is 19.1 Å². The van der Waals surface area contributed by atoms with Crippen LogP contribution < -0.4 is 11.1 Å². The minimum Gasteiger partial charge on any atom is -0.481 e. The lowest BCUT2D eigenvalue weighted by molar-refractivity contribution is -0.138. The van der Waals surface area contributed by atoms with Crippen molar-refractivity contribution in [2.75, 3.05) is 39.5 Å². The number of carbonyl (C=O) groups is 2. The van der Waals surface area contributed by atoms with Crippen molar-refractivity contribution in [1.29, 1.82) is 0 Å². The summed E-state index contributed by atoms with van der Waals surface area (Å²) in [6, 6.07) is 0. The van der Waals surface area contributed by atoms with Gasteiger partial charge in [-0.1, -0.05) is 0 Å². The van der Waals surface area contributed by atoms with Crippen LogP contribution in [0.2, 0.25) is 0 Å². The van der Waals surface area contributed by atoms with Crippen molar-refractivity contribution in [3.63, 3.8) is 0 Å². The summed E-state index contributed by atoms with van der Waals surface area (Å²) in [5.41, 5.74) is 5.22. The Morgan fingerprint density at radius 1 is 1.06 bits per heavy atom. The smallest absolute Gasteiger partial charge is 0.303 e. The SMILES string of the molecule is NCCOCCOCCNC(=O)CCC(=O)O. The number of hydrogen-bond donors (Lipinski definition) is 3. The predicted molar refractivity (Wildman–Crippen MR) is 60.6 cm³/mol. The maximum Gasteiger partial charge on any atom is 0.303 e. The maximum absolute atomic E-state index is 11.1. The van der Waals surface area contributed by atoms with Gasteiger partial charge in [0.2, 0.25) is 5.91 Å². The van der Waals surface area contributed by atoms with Crippen LogP contribution >= 0.6 is 0 Å². The number of nitrogens with two attached hydrogens (primary N) is 1. The van der Waals surface area contributed by atoms with E-state index in [0.29, 0.717) is 39.5 Å². The third kappa shape index (κ3) is 12.8. The highest BCUT2D eigenvalue weighted by atomic mass is 16.5. The molecule has 4 N–H and O–H groups in total. The number of carboxylic acids is 1. The van der Waals surface area contributed by atoms with Crippen molar-refractivity contribution < 1.29 is 24.2 Å². The van der Waals surface area contributed by atoms with Crippen molar-refractivity contribution in [2.24, 2.45) is 5.73 Å². The molecule has 0 fully saturated rings. The van der Waals surface area contributed by atoms with Gasteiger partial charge in [-0.3, -0.25) is 9.59 Å². The van der Waals surface area contributed by atoms with E-state index in [-0.39, 0.29) is 18.7 Å². The number of amides is 1. The van der Waals surface area contributed by atoms with Gasteiger partial charge in [0.15, 0.2) is 0 Å². The quantitative estimate of drug-likeness (QED) is 0.403. The van der Waals surface area contributed by atoms with Gasteiger partial charge in [-0.2, -0.15) is 0 Å². The van der Waals surface area contributed by atoms with Gasteiger partial charge in [0.25, 0.3) is 0 Å². The van der Waals surface area contributed by atoms with Crippen molar-refractivity contribution in [3.05, 3.63) is 0 Å². The fourth-order valence-corrected chi connectivity index (χ4v) is 0.977. The van der Waals surface area contributed by atoms with E-state index in [1.54, 1.807) is 0 Å².